The van der Waals surface area contributed by atoms with Gasteiger partial charge in [0.1, 0.15) is 0 Å². The van der Waals surface area contributed by atoms with E-state index in [1.54, 1.807) is 4.90 Å². The van der Waals surface area contributed by atoms with Gasteiger partial charge in [-0.1, -0.05) is 13.8 Å². The molecule has 0 aromatic carbocycles. The predicted molar refractivity (Wildman–Crippen MR) is 114 cm³/mol. The molecule has 3 rings (SSSR count). The Morgan fingerprint density at radius 3 is 2.06 bits per heavy atom. The van der Waals surface area contributed by atoms with Gasteiger partial charge in [0.15, 0.2) is 0 Å². The van der Waals surface area contributed by atoms with Crippen molar-refractivity contribution in [1.29, 1.82) is 0 Å². The number of morpholine rings is 1. The summed E-state index contributed by atoms with van der Waals surface area (Å²) in [6, 6.07) is 1.92. The third-order valence-corrected chi connectivity index (χ3v) is 6.46. The lowest BCUT2D eigenvalue weighted by Gasteiger charge is -2.46. The number of esters is 1. The standard InChI is InChI=1S/C18H23F3N2O4S.C3H3F3O2/c1-12(2)13-9-14(28-10-13)15(24)22-7-8-26-17(11-22)3-5-23(6-4-17)27-16(25)18(19,20)21;1-8-2(7)3(4,5)6/h9-10,12H,3-8,11H2,1-2H3;1H3. The number of ether oxygens (including phenoxy) is 2. The van der Waals surface area contributed by atoms with Crippen LogP contribution in [0.1, 0.15) is 47.8 Å². The van der Waals surface area contributed by atoms with Crippen LogP contribution in [-0.2, 0) is 23.9 Å². The van der Waals surface area contributed by atoms with Gasteiger partial charge in [0.25, 0.3) is 5.91 Å². The quantitative estimate of drug-likeness (QED) is 0.418. The lowest BCUT2D eigenvalue weighted by molar-refractivity contribution is -0.250. The summed E-state index contributed by atoms with van der Waals surface area (Å²) in [6.07, 6.45) is -9.11. The average Bonchev–Trinajstić information content (AvgIpc) is 3.30. The molecule has 0 bridgehead atoms. The molecule has 0 aliphatic carbocycles. The van der Waals surface area contributed by atoms with E-state index in [9.17, 15) is 40.7 Å². The lowest BCUT2D eigenvalue weighted by atomic mass is 9.90. The van der Waals surface area contributed by atoms with Crippen LogP contribution in [0.25, 0.3) is 0 Å². The first-order chi connectivity index (χ1) is 16.6. The van der Waals surface area contributed by atoms with Crippen molar-refractivity contribution < 1.29 is 55.0 Å². The molecule has 0 N–H and O–H groups in total. The van der Waals surface area contributed by atoms with Gasteiger partial charge < -0.3 is 19.2 Å². The fourth-order valence-corrected chi connectivity index (χ4v) is 4.55. The number of hydroxylamine groups is 2. The molecule has 36 heavy (non-hydrogen) atoms. The highest BCUT2D eigenvalue weighted by Gasteiger charge is 2.46. The average molecular weight is 549 g/mol. The van der Waals surface area contributed by atoms with Crippen LogP contribution in [0.5, 0.6) is 0 Å². The Bertz CT molecular complexity index is 925. The van der Waals surface area contributed by atoms with Crippen LogP contribution < -0.4 is 0 Å². The first-order valence-corrected chi connectivity index (χ1v) is 11.7. The first-order valence-electron chi connectivity index (χ1n) is 10.8. The molecular formula is C21H26F6N2O6S. The molecular weight excluding hydrogens is 522 g/mol. The van der Waals surface area contributed by atoms with E-state index in [1.807, 2.05) is 11.4 Å². The molecule has 1 spiro atoms. The smallest absolute Gasteiger partial charge is 0.462 e. The Balaban J connectivity index is 0.000000493. The third kappa shape index (κ3) is 8.06. The van der Waals surface area contributed by atoms with Gasteiger partial charge in [0.05, 0.1) is 30.7 Å². The summed E-state index contributed by atoms with van der Waals surface area (Å²) in [5.74, 6) is -4.09. The molecule has 0 unspecified atom stereocenters. The first kappa shape index (κ1) is 29.8. The second-order valence-corrected chi connectivity index (χ2v) is 9.36. The van der Waals surface area contributed by atoms with E-state index in [2.05, 4.69) is 23.4 Å². The second kappa shape index (κ2) is 11.8. The van der Waals surface area contributed by atoms with Crippen LogP contribution >= 0.6 is 11.3 Å². The molecule has 3 heterocycles. The van der Waals surface area contributed by atoms with Gasteiger partial charge >= 0.3 is 24.3 Å². The fourth-order valence-electron chi connectivity index (χ4n) is 3.51. The van der Waals surface area contributed by atoms with Gasteiger partial charge in [-0.2, -0.15) is 26.3 Å². The second-order valence-electron chi connectivity index (χ2n) is 8.45. The van der Waals surface area contributed by atoms with Crippen molar-refractivity contribution in [2.45, 2.75) is 50.6 Å². The van der Waals surface area contributed by atoms with E-state index in [-0.39, 0.29) is 19.0 Å². The van der Waals surface area contributed by atoms with E-state index < -0.39 is 29.9 Å². The van der Waals surface area contributed by atoms with Crippen LogP contribution in [0, 0.1) is 0 Å². The van der Waals surface area contributed by atoms with Crippen LogP contribution in [-0.4, -0.2) is 85.7 Å². The number of amides is 1. The zero-order valence-corrected chi connectivity index (χ0v) is 20.5. The Kier molecular flexibility index (Phi) is 9.76. The summed E-state index contributed by atoms with van der Waals surface area (Å²) < 4.78 is 79.2. The van der Waals surface area contributed by atoms with Crippen LogP contribution in [0.3, 0.4) is 0 Å². The third-order valence-electron chi connectivity index (χ3n) is 5.53. The Labute approximate surface area is 207 Å². The monoisotopic (exact) mass is 548 g/mol. The van der Waals surface area contributed by atoms with Crippen LogP contribution in [0.4, 0.5) is 26.3 Å². The SMILES string of the molecule is CC(C)c1csc(C(=O)N2CCOC3(CCN(OC(=O)C(F)(F)F)CC3)C2)c1.COC(=O)C(F)(F)F. The van der Waals surface area contributed by atoms with Crippen molar-refractivity contribution in [2.75, 3.05) is 39.9 Å². The molecule has 1 amide bonds. The van der Waals surface area contributed by atoms with Crippen molar-refractivity contribution >= 4 is 29.2 Å². The van der Waals surface area contributed by atoms with E-state index in [0.29, 0.717) is 50.4 Å². The number of rotatable bonds is 3. The minimum Gasteiger partial charge on any atom is -0.462 e. The highest BCUT2D eigenvalue weighted by Crippen LogP contribution is 2.32. The molecule has 204 valence electrons. The number of nitrogens with zero attached hydrogens (tertiary/aromatic N) is 2. The molecule has 2 saturated heterocycles. The van der Waals surface area contributed by atoms with E-state index in [4.69, 9.17) is 4.74 Å². The molecule has 8 nitrogen and oxygen atoms in total. The highest BCUT2D eigenvalue weighted by atomic mass is 32.1. The van der Waals surface area contributed by atoms with Crippen LogP contribution in [0.15, 0.2) is 11.4 Å². The van der Waals surface area contributed by atoms with Crippen molar-refractivity contribution in [3.63, 3.8) is 0 Å². The molecule has 0 radical (unpaired) electrons. The van der Waals surface area contributed by atoms with Gasteiger partial charge in [0, 0.05) is 19.6 Å². The zero-order valence-electron chi connectivity index (χ0n) is 19.7. The summed E-state index contributed by atoms with van der Waals surface area (Å²) in [6.45, 7) is 5.61. The summed E-state index contributed by atoms with van der Waals surface area (Å²) in [5.41, 5.74) is 0.504. The number of halogens is 6. The van der Waals surface area contributed by atoms with Crippen molar-refractivity contribution in [2.24, 2.45) is 0 Å². The van der Waals surface area contributed by atoms with Crippen molar-refractivity contribution in [3.05, 3.63) is 21.9 Å². The largest absolute Gasteiger partial charge is 0.492 e. The lowest BCUT2D eigenvalue weighted by Crippen LogP contribution is -2.58. The maximum absolute atomic E-state index is 12.9. The van der Waals surface area contributed by atoms with E-state index >= 15 is 0 Å². The maximum Gasteiger partial charge on any atom is 0.492 e. The van der Waals surface area contributed by atoms with Gasteiger partial charge in [-0.3, -0.25) is 4.79 Å². The highest BCUT2D eigenvalue weighted by molar-refractivity contribution is 7.12. The number of alkyl halides is 6. The van der Waals surface area contributed by atoms with Crippen molar-refractivity contribution in [1.82, 2.24) is 9.96 Å². The number of thiophene rings is 1. The van der Waals surface area contributed by atoms with Gasteiger partial charge in [0.2, 0.25) is 0 Å². The zero-order chi connectivity index (χ0) is 27.3. The van der Waals surface area contributed by atoms with E-state index in [0.717, 1.165) is 10.6 Å². The molecule has 2 fully saturated rings. The summed E-state index contributed by atoms with van der Waals surface area (Å²) in [5, 5.41) is 3.00. The topological polar surface area (TPSA) is 85.4 Å². The normalized spacial score (nSPS) is 18.4. The molecule has 0 atom stereocenters. The number of piperidine rings is 1. The Morgan fingerprint density at radius 1 is 1.03 bits per heavy atom. The Hall–Kier alpha value is -2.39. The van der Waals surface area contributed by atoms with E-state index in [1.165, 1.54) is 11.3 Å². The number of carbonyl (C=O) groups excluding carboxylic acids is 3. The summed E-state index contributed by atoms with van der Waals surface area (Å²) in [4.78, 5) is 40.1. The molecule has 15 heteroatoms. The molecule has 2 aliphatic rings. The van der Waals surface area contributed by atoms with Gasteiger partial charge in [-0.15, -0.1) is 16.4 Å². The molecule has 2 aliphatic heterocycles. The number of carbonyl (C=O) groups is 3. The summed E-state index contributed by atoms with van der Waals surface area (Å²) >= 11 is 1.42. The van der Waals surface area contributed by atoms with Gasteiger partial charge in [-0.25, -0.2) is 9.59 Å². The number of hydrogen-bond donors (Lipinski definition) is 0. The van der Waals surface area contributed by atoms with Crippen molar-refractivity contribution in [3.8, 4) is 0 Å². The minimum atomic E-state index is -5.02. The fraction of sp³-hybridized carbons (Fsp3) is 0.667. The van der Waals surface area contributed by atoms with Crippen LogP contribution in [0.2, 0.25) is 0 Å². The minimum absolute atomic E-state index is 0.0505. The Morgan fingerprint density at radius 2 is 1.61 bits per heavy atom. The summed E-state index contributed by atoms with van der Waals surface area (Å²) in [7, 11) is 0.676. The maximum atomic E-state index is 12.9. The molecule has 1 aromatic heterocycles. The molecule has 1 aromatic rings. The number of methoxy groups -OCH3 is 1. The number of hydrogen-bond acceptors (Lipinski definition) is 8. The predicted octanol–water partition coefficient (Wildman–Crippen LogP) is 3.92. The van der Waals surface area contributed by atoms with Gasteiger partial charge in [-0.05, 0) is 35.8 Å². The molecule has 0 saturated carbocycles.